The van der Waals surface area contributed by atoms with Crippen molar-refractivity contribution >= 4 is 11.6 Å². The van der Waals surface area contributed by atoms with E-state index in [-0.39, 0.29) is 11.6 Å². The predicted octanol–water partition coefficient (Wildman–Crippen LogP) is 2.62. The van der Waals surface area contributed by atoms with E-state index < -0.39 is 17.7 Å². The van der Waals surface area contributed by atoms with E-state index >= 15 is 0 Å². The van der Waals surface area contributed by atoms with Gasteiger partial charge in [-0.05, 0) is 24.6 Å². The number of carbonyl (C=O) groups excluding carboxylic acids is 1. The fourth-order valence-electron chi connectivity index (χ4n) is 3.01. The van der Waals surface area contributed by atoms with E-state index in [1.54, 1.807) is 9.80 Å². The number of hydrogen-bond donors (Lipinski definition) is 1. The zero-order valence-electron chi connectivity index (χ0n) is 14.1. The normalized spacial score (nSPS) is 16.0. The van der Waals surface area contributed by atoms with Crippen LogP contribution in [-0.2, 0) is 4.79 Å². The summed E-state index contributed by atoms with van der Waals surface area (Å²) in [5.74, 6) is -1.09. The largest absolute Gasteiger partial charge is 0.366 e. The van der Waals surface area contributed by atoms with E-state index in [4.69, 9.17) is 5.73 Å². The molecular weight excluding hydrogens is 324 g/mol. The summed E-state index contributed by atoms with van der Waals surface area (Å²) < 4.78 is 27.2. The number of carbonyl (C=O) groups is 1. The Labute approximate surface area is 145 Å². The van der Waals surface area contributed by atoms with E-state index in [0.717, 1.165) is 23.3 Å². The molecule has 2 N–H and O–H groups in total. The second-order valence-electron chi connectivity index (χ2n) is 6.30. The van der Waals surface area contributed by atoms with Gasteiger partial charge < -0.3 is 15.5 Å². The second-order valence-corrected chi connectivity index (χ2v) is 6.30. The zero-order valence-corrected chi connectivity index (χ0v) is 14.1. The molecular formula is C19H21F2N3O. The number of aryl methyl sites for hydroxylation is 1. The molecule has 0 radical (unpaired) electrons. The van der Waals surface area contributed by atoms with Gasteiger partial charge in [0.05, 0.1) is 5.69 Å². The lowest BCUT2D eigenvalue weighted by atomic mass is 10.0. The van der Waals surface area contributed by atoms with Crippen molar-refractivity contribution in [2.24, 2.45) is 5.73 Å². The molecule has 1 heterocycles. The highest BCUT2D eigenvalue weighted by Crippen LogP contribution is 2.23. The molecule has 1 saturated heterocycles. The third kappa shape index (κ3) is 3.79. The highest BCUT2D eigenvalue weighted by atomic mass is 19.1. The Bertz CT molecular complexity index is 756. The van der Waals surface area contributed by atoms with Gasteiger partial charge in [-0.1, -0.05) is 29.8 Å². The summed E-state index contributed by atoms with van der Waals surface area (Å²) >= 11 is 0. The van der Waals surface area contributed by atoms with E-state index in [0.29, 0.717) is 26.2 Å². The Morgan fingerprint density at radius 2 is 1.68 bits per heavy atom. The van der Waals surface area contributed by atoms with Crippen molar-refractivity contribution < 1.29 is 13.6 Å². The molecule has 1 aliphatic rings. The SMILES string of the molecule is Cc1ccc(C(N)C(=O)N2CCN(c3cc(F)ccc3F)CC2)cc1. The van der Waals surface area contributed by atoms with Gasteiger partial charge in [-0.25, -0.2) is 8.78 Å². The Kier molecular flexibility index (Phi) is 4.99. The number of rotatable bonds is 3. The summed E-state index contributed by atoms with van der Waals surface area (Å²) in [6, 6.07) is 10.3. The van der Waals surface area contributed by atoms with Crippen LogP contribution in [-0.4, -0.2) is 37.0 Å². The third-order valence-electron chi connectivity index (χ3n) is 4.54. The highest BCUT2D eigenvalue weighted by Gasteiger charge is 2.27. The number of halogens is 2. The maximum Gasteiger partial charge on any atom is 0.244 e. The molecule has 3 rings (SSSR count). The first-order valence-electron chi connectivity index (χ1n) is 8.26. The molecule has 1 unspecified atom stereocenters. The molecule has 0 saturated carbocycles. The first-order chi connectivity index (χ1) is 12.0. The first kappa shape index (κ1) is 17.4. The van der Waals surface area contributed by atoms with Crippen LogP contribution >= 0.6 is 0 Å². The maximum atomic E-state index is 13.9. The average Bonchev–Trinajstić information content (AvgIpc) is 2.63. The van der Waals surface area contributed by atoms with Gasteiger partial charge >= 0.3 is 0 Å². The number of anilines is 1. The van der Waals surface area contributed by atoms with E-state index in [2.05, 4.69) is 0 Å². The lowest BCUT2D eigenvalue weighted by Crippen LogP contribution is -2.51. The maximum absolute atomic E-state index is 13.9. The zero-order chi connectivity index (χ0) is 18.0. The van der Waals surface area contributed by atoms with E-state index in [9.17, 15) is 13.6 Å². The standard InChI is InChI=1S/C19H21F2N3O/c1-13-2-4-14(5-3-13)18(22)19(25)24-10-8-23(9-11-24)17-12-15(20)6-7-16(17)21/h2-7,12,18H,8-11,22H2,1H3. The molecule has 4 nitrogen and oxygen atoms in total. The molecule has 132 valence electrons. The van der Waals surface area contributed by atoms with E-state index in [1.165, 1.54) is 6.07 Å². The number of nitrogens with zero attached hydrogens (tertiary/aromatic N) is 2. The lowest BCUT2D eigenvalue weighted by Gasteiger charge is -2.37. The van der Waals surface area contributed by atoms with Crippen molar-refractivity contribution in [2.45, 2.75) is 13.0 Å². The highest BCUT2D eigenvalue weighted by molar-refractivity contribution is 5.83. The summed E-state index contributed by atoms with van der Waals surface area (Å²) in [6.45, 7) is 3.70. The van der Waals surface area contributed by atoms with Gasteiger partial charge in [0.1, 0.15) is 17.7 Å². The van der Waals surface area contributed by atoms with Gasteiger partial charge in [0.15, 0.2) is 0 Å². The monoisotopic (exact) mass is 345 g/mol. The van der Waals surface area contributed by atoms with Crippen molar-refractivity contribution in [3.05, 3.63) is 65.2 Å². The van der Waals surface area contributed by atoms with Crippen LogP contribution in [0.2, 0.25) is 0 Å². The third-order valence-corrected chi connectivity index (χ3v) is 4.54. The lowest BCUT2D eigenvalue weighted by molar-refractivity contribution is -0.133. The van der Waals surface area contributed by atoms with Gasteiger partial charge in [0.2, 0.25) is 5.91 Å². The number of benzene rings is 2. The van der Waals surface area contributed by atoms with Crippen LogP contribution in [0.1, 0.15) is 17.2 Å². The van der Waals surface area contributed by atoms with E-state index in [1.807, 2.05) is 31.2 Å². The van der Waals surface area contributed by atoms with Crippen LogP contribution in [0, 0.1) is 18.6 Å². The molecule has 0 aromatic heterocycles. The molecule has 0 spiro atoms. The summed E-state index contributed by atoms with van der Waals surface area (Å²) in [5.41, 5.74) is 8.20. The number of hydrogen-bond acceptors (Lipinski definition) is 3. The smallest absolute Gasteiger partial charge is 0.244 e. The fourth-order valence-corrected chi connectivity index (χ4v) is 3.01. The van der Waals surface area contributed by atoms with Crippen LogP contribution in [0.3, 0.4) is 0 Å². The minimum absolute atomic E-state index is 0.150. The van der Waals surface area contributed by atoms with Crippen LogP contribution < -0.4 is 10.6 Å². The van der Waals surface area contributed by atoms with Gasteiger partial charge in [-0.15, -0.1) is 0 Å². The van der Waals surface area contributed by atoms with Crippen molar-refractivity contribution in [2.75, 3.05) is 31.1 Å². The minimum Gasteiger partial charge on any atom is -0.366 e. The molecule has 25 heavy (non-hydrogen) atoms. The van der Waals surface area contributed by atoms with Gasteiger partial charge in [-0.3, -0.25) is 4.79 Å². The Hall–Kier alpha value is -2.47. The fraction of sp³-hybridized carbons (Fsp3) is 0.316. The first-order valence-corrected chi connectivity index (χ1v) is 8.26. The van der Waals surface area contributed by atoms with Gasteiger partial charge in [-0.2, -0.15) is 0 Å². The van der Waals surface area contributed by atoms with Crippen molar-refractivity contribution in [1.82, 2.24) is 4.90 Å². The molecule has 1 aliphatic heterocycles. The Morgan fingerprint density at radius 1 is 1.04 bits per heavy atom. The molecule has 0 bridgehead atoms. The average molecular weight is 345 g/mol. The molecule has 6 heteroatoms. The van der Waals surface area contributed by atoms with Crippen LogP contribution in [0.15, 0.2) is 42.5 Å². The number of amides is 1. The van der Waals surface area contributed by atoms with Crippen LogP contribution in [0.5, 0.6) is 0 Å². The molecule has 1 amide bonds. The second kappa shape index (κ2) is 7.19. The summed E-state index contributed by atoms with van der Waals surface area (Å²) in [6.07, 6.45) is 0. The molecule has 1 fully saturated rings. The quantitative estimate of drug-likeness (QED) is 0.930. The van der Waals surface area contributed by atoms with Gasteiger partial charge in [0.25, 0.3) is 0 Å². The minimum atomic E-state index is -0.710. The van der Waals surface area contributed by atoms with Crippen LogP contribution in [0.4, 0.5) is 14.5 Å². The summed E-state index contributed by atoms with van der Waals surface area (Å²) in [4.78, 5) is 16.0. The number of piperazine rings is 1. The summed E-state index contributed by atoms with van der Waals surface area (Å²) in [7, 11) is 0. The molecule has 1 atom stereocenters. The molecule has 0 aliphatic carbocycles. The van der Waals surface area contributed by atoms with Crippen molar-refractivity contribution in [1.29, 1.82) is 0 Å². The van der Waals surface area contributed by atoms with Crippen molar-refractivity contribution in [3.8, 4) is 0 Å². The number of nitrogens with two attached hydrogens (primary N) is 1. The molecule has 2 aromatic rings. The van der Waals surface area contributed by atoms with Crippen LogP contribution in [0.25, 0.3) is 0 Å². The van der Waals surface area contributed by atoms with Gasteiger partial charge in [0, 0.05) is 32.2 Å². The topological polar surface area (TPSA) is 49.6 Å². The summed E-state index contributed by atoms with van der Waals surface area (Å²) in [5, 5.41) is 0. The van der Waals surface area contributed by atoms with Crippen molar-refractivity contribution in [3.63, 3.8) is 0 Å². The molecule has 2 aromatic carbocycles. The predicted molar refractivity (Wildman–Crippen MR) is 93.3 cm³/mol. The Balaban J connectivity index is 1.64. The Morgan fingerprint density at radius 3 is 2.32 bits per heavy atom.